The Hall–Kier alpha value is -1.82. The SMILES string of the molecule is CSc1cncc(-c2c(C)n(C/C(F)=C/CN)c3ccc(Cl)cc23)c1. The van der Waals surface area contributed by atoms with Crippen LogP contribution in [0.5, 0.6) is 0 Å². The number of nitrogens with zero attached hydrogens (tertiary/aromatic N) is 2. The van der Waals surface area contributed by atoms with E-state index in [0.717, 1.165) is 32.6 Å². The molecule has 1 aromatic carbocycles. The summed E-state index contributed by atoms with van der Waals surface area (Å²) in [6.07, 6.45) is 7.08. The van der Waals surface area contributed by atoms with Crippen LogP contribution in [0.25, 0.3) is 22.0 Å². The minimum Gasteiger partial charge on any atom is -0.337 e. The molecule has 130 valence electrons. The Kier molecular flexibility index (Phi) is 5.47. The first-order valence-electron chi connectivity index (χ1n) is 7.87. The summed E-state index contributed by atoms with van der Waals surface area (Å²) in [5.74, 6) is -0.250. The topological polar surface area (TPSA) is 43.8 Å². The highest BCUT2D eigenvalue weighted by atomic mass is 35.5. The van der Waals surface area contributed by atoms with Gasteiger partial charge in [-0.1, -0.05) is 11.6 Å². The highest BCUT2D eigenvalue weighted by molar-refractivity contribution is 7.98. The number of aromatic nitrogens is 2. The quantitative estimate of drug-likeness (QED) is 0.623. The van der Waals surface area contributed by atoms with E-state index in [9.17, 15) is 4.39 Å². The predicted molar refractivity (Wildman–Crippen MR) is 105 cm³/mol. The molecule has 3 rings (SSSR count). The molecule has 0 unspecified atom stereocenters. The molecule has 0 aliphatic carbocycles. The first-order chi connectivity index (χ1) is 12.0. The summed E-state index contributed by atoms with van der Waals surface area (Å²) >= 11 is 7.86. The predicted octanol–water partition coefficient (Wildman–Crippen LogP) is 5.20. The molecule has 0 spiro atoms. The molecule has 3 aromatic rings. The van der Waals surface area contributed by atoms with Crippen LogP contribution in [-0.4, -0.2) is 22.4 Å². The second kappa shape index (κ2) is 7.60. The van der Waals surface area contributed by atoms with Gasteiger partial charge >= 0.3 is 0 Å². The maximum absolute atomic E-state index is 14.1. The van der Waals surface area contributed by atoms with Gasteiger partial charge in [0.1, 0.15) is 5.83 Å². The van der Waals surface area contributed by atoms with Gasteiger partial charge in [-0.25, -0.2) is 4.39 Å². The number of hydrogen-bond donors (Lipinski definition) is 1. The van der Waals surface area contributed by atoms with Gasteiger partial charge in [0.25, 0.3) is 0 Å². The lowest BCUT2D eigenvalue weighted by molar-refractivity contribution is 0.555. The number of allylic oxidation sites excluding steroid dienone is 1. The van der Waals surface area contributed by atoms with E-state index >= 15 is 0 Å². The maximum Gasteiger partial charge on any atom is 0.117 e. The van der Waals surface area contributed by atoms with Gasteiger partial charge in [0.2, 0.25) is 0 Å². The highest BCUT2D eigenvalue weighted by Gasteiger charge is 2.17. The lowest BCUT2D eigenvalue weighted by atomic mass is 10.0. The zero-order valence-electron chi connectivity index (χ0n) is 14.1. The molecule has 0 saturated carbocycles. The van der Waals surface area contributed by atoms with E-state index < -0.39 is 0 Å². The van der Waals surface area contributed by atoms with E-state index in [0.29, 0.717) is 5.02 Å². The Labute approximate surface area is 155 Å². The Morgan fingerprint density at radius 2 is 2.16 bits per heavy atom. The monoisotopic (exact) mass is 375 g/mol. The minimum absolute atomic E-state index is 0.150. The van der Waals surface area contributed by atoms with Crippen molar-refractivity contribution in [3.05, 3.63) is 59.3 Å². The zero-order chi connectivity index (χ0) is 18.0. The van der Waals surface area contributed by atoms with Crippen LogP contribution in [0.15, 0.2) is 53.5 Å². The van der Waals surface area contributed by atoms with Gasteiger partial charge in [0.05, 0.1) is 6.54 Å². The fourth-order valence-corrected chi connectivity index (χ4v) is 3.62. The summed E-state index contributed by atoms with van der Waals surface area (Å²) in [6.45, 7) is 2.32. The third-order valence-corrected chi connectivity index (χ3v) is 5.10. The summed E-state index contributed by atoms with van der Waals surface area (Å²) in [7, 11) is 0. The highest BCUT2D eigenvalue weighted by Crippen LogP contribution is 2.37. The number of halogens is 2. The molecule has 2 N–H and O–H groups in total. The number of rotatable bonds is 5. The third kappa shape index (κ3) is 3.59. The number of thioether (sulfide) groups is 1. The Bertz CT molecular complexity index is 949. The summed E-state index contributed by atoms with van der Waals surface area (Å²) in [6, 6.07) is 7.77. The molecule has 0 bridgehead atoms. The molecule has 25 heavy (non-hydrogen) atoms. The Morgan fingerprint density at radius 1 is 1.36 bits per heavy atom. The van der Waals surface area contributed by atoms with Crippen molar-refractivity contribution < 1.29 is 4.39 Å². The summed E-state index contributed by atoms with van der Waals surface area (Å²) < 4.78 is 16.1. The van der Waals surface area contributed by atoms with E-state index in [1.54, 1.807) is 11.8 Å². The lowest BCUT2D eigenvalue weighted by Crippen LogP contribution is -2.03. The van der Waals surface area contributed by atoms with Crippen molar-refractivity contribution >= 4 is 34.3 Å². The van der Waals surface area contributed by atoms with Crippen LogP contribution < -0.4 is 5.73 Å². The van der Waals surface area contributed by atoms with Gasteiger partial charge in [-0.05, 0) is 43.5 Å². The van der Waals surface area contributed by atoms with Crippen LogP contribution in [-0.2, 0) is 6.54 Å². The van der Waals surface area contributed by atoms with Crippen molar-refractivity contribution in [2.45, 2.75) is 18.4 Å². The van der Waals surface area contributed by atoms with Crippen molar-refractivity contribution in [1.29, 1.82) is 0 Å². The fraction of sp³-hybridized carbons (Fsp3) is 0.211. The molecule has 6 heteroatoms. The maximum atomic E-state index is 14.1. The van der Waals surface area contributed by atoms with Gasteiger partial charge in [-0.3, -0.25) is 4.98 Å². The van der Waals surface area contributed by atoms with Crippen molar-refractivity contribution in [3.8, 4) is 11.1 Å². The fourth-order valence-electron chi connectivity index (χ4n) is 3.03. The van der Waals surface area contributed by atoms with Gasteiger partial charge < -0.3 is 10.3 Å². The Balaban J connectivity index is 2.25. The average Bonchev–Trinajstić information content (AvgIpc) is 2.86. The standard InChI is InChI=1S/C19H19ClFN3S/c1-12-19(13-7-16(25-2)10-23-9-13)17-8-14(20)3-4-18(17)24(12)11-15(21)5-6-22/h3-5,7-10H,6,11,22H2,1-2H3/b15-5-. The van der Waals surface area contributed by atoms with E-state index in [4.69, 9.17) is 17.3 Å². The molecule has 0 aliphatic heterocycles. The number of hydrogen-bond acceptors (Lipinski definition) is 3. The van der Waals surface area contributed by atoms with Gasteiger partial charge in [0.15, 0.2) is 0 Å². The van der Waals surface area contributed by atoms with Crippen molar-refractivity contribution in [2.75, 3.05) is 12.8 Å². The molecule has 0 saturated heterocycles. The molecule has 2 heterocycles. The second-order valence-electron chi connectivity index (χ2n) is 5.71. The number of pyridine rings is 1. The Morgan fingerprint density at radius 3 is 2.88 bits per heavy atom. The molecular weight excluding hydrogens is 357 g/mol. The summed E-state index contributed by atoms with van der Waals surface area (Å²) in [4.78, 5) is 5.41. The average molecular weight is 376 g/mol. The van der Waals surface area contributed by atoms with Crippen LogP contribution in [0.3, 0.4) is 0 Å². The molecule has 0 radical (unpaired) electrons. The molecule has 0 aliphatic rings. The second-order valence-corrected chi connectivity index (χ2v) is 7.02. The molecule has 0 amide bonds. The number of nitrogens with two attached hydrogens (primary N) is 1. The van der Waals surface area contributed by atoms with Crippen LogP contribution in [0.4, 0.5) is 4.39 Å². The normalized spacial score (nSPS) is 12.1. The molecular formula is C19H19ClFN3S. The van der Waals surface area contributed by atoms with Crippen molar-refractivity contribution in [3.63, 3.8) is 0 Å². The smallest absolute Gasteiger partial charge is 0.117 e. The van der Waals surface area contributed by atoms with Gasteiger partial charge in [0, 0.05) is 56.6 Å². The van der Waals surface area contributed by atoms with E-state index in [2.05, 4.69) is 11.1 Å². The molecule has 3 nitrogen and oxygen atoms in total. The molecule has 0 atom stereocenters. The van der Waals surface area contributed by atoms with Crippen molar-refractivity contribution in [1.82, 2.24) is 9.55 Å². The van der Waals surface area contributed by atoms with Gasteiger partial charge in [-0.15, -0.1) is 11.8 Å². The van der Waals surface area contributed by atoms with Crippen LogP contribution >= 0.6 is 23.4 Å². The lowest BCUT2D eigenvalue weighted by Gasteiger charge is -2.08. The van der Waals surface area contributed by atoms with E-state index in [-0.39, 0.29) is 18.9 Å². The van der Waals surface area contributed by atoms with Crippen LogP contribution in [0, 0.1) is 6.92 Å². The van der Waals surface area contributed by atoms with E-state index in [1.165, 1.54) is 6.08 Å². The third-order valence-electron chi connectivity index (χ3n) is 4.17. The van der Waals surface area contributed by atoms with Gasteiger partial charge in [-0.2, -0.15) is 0 Å². The zero-order valence-corrected chi connectivity index (χ0v) is 15.7. The van der Waals surface area contributed by atoms with Crippen LogP contribution in [0.2, 0.25) is 5.02 Å². The van der Waals surface area contributed by atoms with Crippen LogP contribution in [0.1, 0.15) is 5.69 Å². The van der Waals surface area contributed by atoms with E-state index in [1.807, 2.05) is 48.3 Å². The summed E-state index contributed by atoms with van der Waals surface area (Å²) in [5.41, 5.74) is 9.36. The largest absolute Gasteiger partial charge is 0.337 e. The number of benzene rings is 1. The molecule has 2 aromatic heterocycles. The minimum atomic E-state index is -0.250. The molecule has 0 fully saturated rings. The first-order valence-corrected chi connectivity index (χ1v) is 9.47. The summed E-state index contributed by atoms with van der Waals surface area (Å²) in [5, 5.41) is 1.64. The van der Waals surface area contributed by atoms with Crippen molar-refractivity contribution in [2.24, 2.45) is 5.73 Å². The first kappa shape index (κ1) is 18.0. The number of fused-ring (bicyclic) bond motifs is 1.